The van der Waals surface area contributed by atoms with Crippen molar-refractivity contribution >= 4 is 29.3 Å². The number of carbonyl (C=O) groups excluding carboxylic acids is 4. The SMILES string of the molecule is CC(O)c1ccc(Oc2ccc(C(C)(C)c3ccc(OC4CC(Nc5ccc6c(c5)C(=O)N(C5CCC(=O)NC5=O)C6=O)C4)cc3)cc2)cn1. The minimum atomic E-state index is -0.987. The molecule has 2 unspecified atom stereocenters. The van der Waals surface area contributed by atoms with E-state index in [1.165, 1.54) is 0 Å². The van der Waals surface area contributed by atoms with Gasteiger partial charge in [0.15, 0.2) is 0 Å². The summed E-state index contributed by atoms with van der Waals surface area (Å²) in [6.07, 6.45) is 2.76. The van der Waals surface area contributed by atoms with Gasteiger partial charge in [-0.2, -0.15) is 0 Å². The van der Waals surface area contributed by atoms with Gasteiger partial charge in [0.05, 0.1) is 29.1 Å². The van der Waals surface area contributed by atoms with Crippen molar-refractivity contribution in [3.8, 4) is 17.2 Å². The molecule has 1 aliphatic carbocycles. The molecule has 0 bridgehead atoms. The summed E-state index contributed by atoms with van der Waals surface area (Å²) in [4.78, 5) is 55.2. The number of nitrogens with one attached hydrogen (secondary N) is 2. The van der Waals surface area contributed by atoms with Crippen LogP contribution < -0.4 is 20.1 Å². The third-order valence-corrected chi connectivity index (χ3v) is 9.78. The molecular weight excluding hydrogens is 636 g/mol. The molecule has 7 rings (SSSR count). The quantitative estimate of drug-likeness (QED) is 0.181. The lowest BCUT2D eigenvalue weighted by molar-refractivity contribution is -0.136. The standard InChI is InChI=1S/C39H38N4O7/c1-22(44)33-15-13-29(21-40-33)49-27-9-4-23(5-10-27)39(2,3)24-6-11-28(12-7-24)50-30-18-26(19-30)41-25-8-14-31-32(20-25)38(48)43(37(31)47)34-16-17-35(45)42-36(34)46/h4-15,20-22,26,30,34,41,44H,16-19H2,1-3H3,(H,42,45,46). The van der Waals surface area contributed by atoms with Gasteiger partial charge in [-0.05, 0) is 79.1 Å². The molecule has 2 aliphatic heterocycles. The lowest BCUT2D eigenvalue weighted by Gasteiger charge is -2.36. The molecule has 11 heteroatoms. The maximum Gasteiger partial charge on any atom is 0.262 e. The lowest BCUT2D eigenvalue weighted by atomic mass is 9.78. The Bertz CT molecular complexity index is 1950. The topological polar surface area (TPSA) is 147 Å². The summed E-state index contributed by atoms with van der Waals surface area (Å²) in [5, 5.41) is 15.3. The Morgan fingerprint density at radius 1 is 0.860 bits per heavy atom. The molecule has 11 nitrogen and oxygen atoms in total. The Morgan fingerprint density at radius 2 is 1.50 bits per heavy atom. The molecule has 1 saturated heterocycles. The summed E-state index contributed by atoms with van der Waals surface area (Å²) in [5.41, 5.74) is 3.83. The van der Waals surface area contributed by atoms with Crippen molar-refractivity contribution in [2.75, 3.05) is 5.32 Å². The van der Waals surface area contributed by atoms with Gasteiger partial charge in [-0.1, -0.05) is 38.1 Å². The third-order valence-electron chi connectivity index (χ3n) is 9.78. The molecule has 256 valence electrons. The lowest BCUT2D eigenvalue weighted by Crippen LogP contribution is -2.54. The highest BCUT2D eigenvalue weighted by atomic mass is 16.5. The second-order valence-electron chi connectivity index (χ2n) is 13.6. The fourth-order valence-corrected chi connectivity index (χ4v) is 6.66. The molecule has 50 heavy (non-hydrogen) atoms. The van der Waals surface area contributed by atoms with Gasteiger partial charge in [0.1, 0.15) is 29.4 Å². The van der Waals surface area contributed by atoms with E-state index in [0.717, 1.165) is 34.6 Å². The van der Waals surface area contributed by atoms with Gasteiger partial charge in [0.25, 0.3) is 11.8 Å². The zero-order valence-electron chi connectivity index (χ0n) is 28.0. The zero-order valence-corrected chi connectivity index (χ0v) is 28.0. The van der Waals surface area contributed by atoms with E-state index in [2.05, 4.69) is 53.7 Å². The highest BCUT2D eigenvalue weighted by Crippen LogP contribution is 2.36. The van der Waals surface area contributed by atoms with Crippen molar-refractivity contribution in [3.05, 3.63) is 113 Å². The Balaban J connectivity index is 0.910. The van der Waals surface area contributed by atoms with Crippen LogP contribution in [-0.2, 0) is 15.0 Å². The summed E-state index contributed by atoms with van der Waals surface area (Å²) in [6.45, 7) is 6.02. The molecule has 4 amide bonds. The average Bonchev–Trinajstić information content (AvgIpc) is 3.32. The van der Waals surface area contributed by atoms with Crippen LogP contribution in [-0.4, -0.2) is 56.8 Å². The smallest absolute Gasteiger partial charge is 0.262 e. The van der Waals surface area contributed by atoms with Crippen molar-refractivity contribution < 1.29 is 33.8 Å². The van der Waals surface area contributed by atoms with Gasteiger partial charge in [0.2, 0.25) is 11.8 Å². The Morgan fingerprint density at radius 3 is 2.12 bits per heavy atom. The highest BCUT2D eigenvalue weighted by Gasteiger charge is 2.44. The van der Waals surface area contributed by atoms with Gasteiger partial charge in [-0.25, -0.2) is 0 Å². The van der Waals surface area contributed by atoms with Gasteiger partial charge < -0.3 is 19.9 Å². The van der Waals surface area contributed by atoms with Crippen molar-refractivity contribution in [3.63, 3.8) is 0 Å². The van der Waals surface area contributed by atoms with Gasteiger partial charge in [-0.15, -0.1) is 0 Å². The number of ether oxygens (including phenoxy) is 2. The maximum absolute atomic E-state index is 13.2. The first-order valence-electron chi connectivity index (χ1n) is 16.8. The first kappa shape index (κ1) is 33.0. The van der Waals surface area contributed by atoms with Gasteiger partial charge in [0, 0.05) is 36.4 Å². The fraction of sp³-hybridized carbons (Fsp3) is 0.308. The summed E-state index contributed by atoms with van der Waals surface area (Å²) >= 11 is 0. The van der Waals surface area contributed by atoms with E-state index in [9.17, 15) is 24.3 Å². The number of aliphatic hydroxyl groups excluding tert-OH is 1. The largest absolute Gasteiger partial charge is 0.490 e. The third kappa shape index (κ3) is 6.44. The first-order valence-corrected chi connectivity index (χ1v) is 16.8. The van der Waals surface area contributed by atoms with Gasteiger partial charge in [-0.3, -0.25) is 34.4 Å². The number of hydrogen-bond acceptors (Lipinski definition) is 9. The van der Waals surface area contributed by atoms with Crippen molar-refractivity contribution in [1.29, 1.82) is 0 Å². The molecule has 2 atom stereocenters. The summed E-state index contributed by atoms with van der Waals surface area (Å²) < 4.78 is 12.2. The highest BCUT2D eigenvalue weighted by molar-refractivity contribution is 6.23. The Kier molecular flexibility index (Phi) is 8.61. The van der Waals surface area contributed by atoms with Crippen LogP contribution in [0.1, 0.15) is 90.1 Å². The second kappa shape index (κ2) is 13.1. The van der Waals surface area contributed by atoms with E-state index in [0.29, 0.717) is 22.9 Å². The van der Waals surface area contributed by atoms with E-state index < -0.39 is 35.8 Å². The van der Waals surface area contributed by atoms with Crippen LogP contribution in [0.25, 0.3) is 0 Å². The number of amides is 4. The maximum atomic E-state index is 13.2. The van der Waals surface area contributed by atoms with Crippen LogP contribution >= 0.6 is 0 Å². The number of rotatable bonds is 10. The fourth-order valence-electron chi connectivity index (χ4n) is 6.66. The van der Waals surface area contributed by atoms with Crippen LogP contribution in [0.3, 0.4) is 0 Å². The number of anilines is 1. The van der Waals surface area contributed by atoms with E-state index >= 15 is 0 Å². The molecule has 3 aromatic carbocycles. The van der Waals surface area contributed by atoms with E-state index in [1.807, 2.05) is 24.3 Å². The van der Waals surface area contributed by atoms with Crippen LogP contribution in [0.15, 0.2) is 85.1 Å². The molecule has 3 aliphatic rings. The molecule has 0 spiro atoms. The molecule has 1 saturated carbocycles. The summed E-state index contributed by atoms with van der Waals surface area (Å²) in [7, 11) is 0. The van der Waals surface area contributed by atoms with E-state index in [1.54, 1.807) is 43.5 Å². The van der Waals surface area contributed by atoms with Crippen LogP contribution in [0.2, 0.25) is 0 Å². The van der Waals surface area contributed by atoms with E-state index in [4.69, 9.17) is 9.47 Å². The normalized spacial score (nSPS) is 20.9. The minimum Gasteiger partial charge on any atom is -0.490 e. The number of carbonyl (C=O) groups is 4. The number of imide groups is 2. The Hall–Kier alpha value is -5.55. The van der Waals surface area contributed by atoms with Crippen LogP contribution in [0.4, 0.5) is 5.69 Å². The molecular formula is C39H38N4O7. The number of pyridine rings is 1. The number of aliphatic hydroxyl groups is 1. The zero-order chi connectivity index (χ0) is 35.2. The van der Waals surface area contributed by atoms with Crippen molar-refractivity contribution in [2.45, 2.75) is 76.2 Å². The molecule has 4 aromatic rings. The van der Waals surface area contributed by atoms with Crippen LogP contribution in [0.5, 0.6) is 17.2 Å². The van der Waals surface area contributed by atoms with Crippen molar-refractivity contribution in [1.82, 2.24) is 15.2 Å². The molecule has 3 N–H and O–H groups in total. The van der Waals surface area contributed by atoms with E-state index in [-0.39, 0.29) is 41.5 Å². The summed E-state index contributed by atoms with van der Waals surface area (Å²) in [5.74, 6) is 0.0235. The van der Waals surface area contributed by atoms with Gasteiger partial charge >= 0.3 is 0 Å². The first-order chi connectivity index (χ1) is 24.0. The minimum absolute atomic E-state index is 0.0398. The average molecular weight is 675 g/mol. The number of benzene rings is 3. The number of hydrogen-bond donors (Lipinski definition) is 3. The molecule has 3 heterocycles. The molecule has 0 radical (unpaired) electrons. The molecule has 1 aromatic heterocycles. The van der Waals surface area contributed by atoms with Crippen molar-refractivity contribution in [2.24, 2.45) is 0 Å². The summed E-state index contributed by atoms with van der Waals surface area (Å²) in [6, 6.07) is 23.9. The second-order valence-corrected chi connectivity index (χ2v) is 13.6. The monoisotopic (exact) mass is 674 g/mol. The molecule has 2 fully saturated rings. The number of nitrogens with zero attached hydrogens (tertiary/aromatic N) is 2. The Labute approximate surface area is 289 Å². The number of aromatic nitrogens is 1. The number of piperidine rings is 1. The number of fused-ring (bicyclic) bond motifs is 1. The predicted octanol–water partition coefficient (Wildman–Crippen LogP) is 5.68. The van der Waals surface area contributed by atoms with Crippen LogP contribution in [0, 0.1) is 0 Å². The predicted molar refractivity (Wildman–Crippen MR) is 184 cm³/mol.